The van der Waals surface area contributed by atoms with E-state index in [-0.39, 0.29) is 17.4 Å². The van der Waals surface area contributed by atoms with Gasteiger partial charge in [0.2, 0.25) is 5.91 Å². The summed E-state index contributed by atoms with van der Waals surface area (Å²) in [6, 6.07) is 13.4. The maximum absolute atomic E-state index is 12.9. The summed E-state index contributed by atoms with van der Waals surface area (Å²) >= 11 is 12.3. The van der Waals surface area contributed by atoms with Gasteiger partial charge in [-0.15, -0.1) is 0 Å². The van der Waals surface area contributed by atoms with E-state index in [0.717, 1.165) is 41.5 Å². The van der Waals surface area contributed by atoms with Gasteiger partial charge >= 0.3 is 0 Å². The Labute approximate surface area is 180 Å². The van der Waals surface area contributed by atoms with Gasteiger partial charge in [-0.1, -0.05) is 35.3 Å². The summed E-state index contributed by atoms with van der Waals surface area (Å²) in [5.74, 6) is -0.116. The number of carbonyl (C=O) groups is 1. The molecule has 0 bridgehead atoms. The normalized spacial score (nSPS) is 20.1. The molecule has 0 saturated carbocycles. The third kappa shape index (κ3) is 4.61. The minimum absolute atomic E-state index is 0.00180. The lowest BCUT2D eigenvalue weighted by Crippen LogP contribution is -2.40. The van der Waals surface area contributed by atoms with Crippen molar-refractivity contribution >= 4 is 40.0 Å². The van der Waals surface area contributed by atoms with E-state index in [1.165, 1.54) is 0 Å². The van der Waals surface area contributed by atoms with E-state index in [1.807, 2.05) is 48.7 Å². The summed E-state index contributed by atoms with van der Waals surface area (Å²) in [6.45, 7) is 3.34. The molecule has 152 valence electrons. The lowest BCUT2D eigenvalue weighted by Gasteiger charge is -2.24. The summed E-state index contributed by atoms with van der Waals surface area (Å²) in [6.07, 6.45) is 4.30. The van der Waals surface area contributed by atoms with Gasteiger partial charge in [0, 0.05) is 52.6 Å². The van der Waals surface area contributed by atoms with Crippen molar-refractivity contribution in [3.05, 3.63) is 69.8 Å². The fraction of sp³-hybridized carbons (Fsp3) is 0.348. The molecule has 2 N–H and O–H groups in total. The lowest BCUT2D eigenvalue weighted by atomic mass is 9.88. The molecule has 3 aromatic rings. The Kier molecular flexibility index (Phi) is 5.86. The van der Waals surface area contributed by atoms with Gasteiger partial charge in [0.15, 0.2) is 0 Å². The number of aromatic nitrogens is 1. The van der Waals surface area contributed by atoms with Gasteiger partial charge in [0.1, 0.15) is 0 Å². The van der Waals surface area contributed by atoms with E-state index in [1.54, 1.807) is 0 Å². The van der Waals surface area contributed by atoms with Crippen molar-refractivity contribution in [1.82, 2.24) is 10.3 Å². The molecule has 0 unspecified atom stereocenters. The van der Waals surface area contributed by atoms with E-state index >= 15 is 0 Å². The van der Waals surface area contributed by atoms with Crippen LogP contribution in [0.4, 0.5) is 0 Å². The van der Waals surface area contributed by atoms with Crippen LogP contribution in [-0.4, -0.2) is 29.6 Å². The first-order chi connectivity index (χ1) is 13.9. The molecule has 1 fully saturated rings. The third-order valence-corrected chi connectivity index (χ3v) is 6.16. The third-order valence-electron chi connectivity index (χ3n) is 5.67. The number of amides is 1. The smallest absolute Gasteiger partial charge is 0.221 e. The predicted octanol–water partition coefficient (Wildman–Crippen LogP) is 5.68. The first-order valence-corrected chi connectivity index (χ1v) is 10.6. The van der Waals surface area contributed by atoms with Crippen molar-refractivity contribution in [2.24, 2.45) is 0 Å². The minimum Gasteiger partial charge on any atom is -0.373 e. The lowest BCUT2D eigenvalue weighted by molar-refractivity contribution is -0.122. The van der Waals surface area contributed by atoms with Crippen LogP contribution in [0.2, 0.25) is 10.0 Å². The van der Waals surface area contributed by atoms with Gasteiger partial charge in [0.05, 0.1) is 5.60 Å². The second-order valence-electron chi connectivity index (χ2n) is 7.92. The van der Waals surface area contributed by atoms with Gasteiger partial charge < -0.3 is 15.0 Å². The van der Waals surface area contributed by atoms with E-state index in [2.05, 4.69) is 17.2 Å². The number of fused-ring (bicyclic) bond motifs is 1. The monoisotopic (exact) mass is 430 g/mol. The fourth-order valence-electron chi connectivity index (χ4n) is 4.02. The zero-order chi connectivity index (χ0) is 20.4. The van der Waals surface area contributed by atoms with Crippen molar-refractivity contribution < 1.29 is 9.53 Å². The maximum Gasteiger partial charge on any atom is 0.221 e. The van der Waals surface area contributed by atoms with Crippen LogP contribution in [-0.2, 0) is 9.53 Å². The molecule has 1 saturated heterocycles. The highest BCUT2D eigenvalue weighted by Crippen LogP contribution is 2.35. The zero-order valence-electron chi connectivity index (χ0n) is 16.3. The molecule has 1 aromatic heterocycles. The number of halogens is 2. The molecule has 2 heterocycles. The molecule has 0 spiro atoms. The van der Waals surface area contributed by atoms with Crippen LogP contribution in [0.1, 0.15) is 43.2 Å². The first kappa shape index (κ1) is 20.3. The fourth-order valence-corrected chi connectivity index (χ4v) is 4.32. The van der Waals surface area contributed by atoms with E-state index < -0.39 is 0 Å². The Hall–Kier alpha value is -2.01. The highest BCUT2D eigenvalue weighted by Gasteiger charge is 2.30. The van der Waals surface area contributed by atoms with Crippen molar-refractivity contribution in [2.75, 3.05) is 13.2 Å². The average Bonchev–Trinajstić information content (AvgIpc) is 3.32. The topological polar surface area (TPSA) is 54.1 Å². The van der Waals surface area contributed by atoms with Gasteiger partial charge in [-0.25, -0.2) is 0 Å². The Bertz CT molecular complexity index is 1010. The number of nitrogens with one attached hydrogen (secondary N) is 2. The van der Waals surface area contributed by atoms with Crippen molar-refractivity contribution in [3.63, 3.8) is 0 Å². The van der Waals surface area contributed by atoms with Crippen LogP contribution >= 0.6 is 23.2 Å². The standard InChI is InChI=1S/C23H24Cl2N2O2/c1-23(9-2-10-29-23)14-27-22(28)12-18(15-3-5-16(24)6-4-15)20-13-26-21-8-7-17(25)11-19(20)21/h3-8,11,13,18,26H,2,9-10,12,14H2,1H3,(H,27,28)/t18-,23-/m1/s1. The summed E-state index contributed by atoms with van der Waals surface area (Å²) in [7, 11) is 0. The molecule has 2 atom stereocenters. The Morgan fingerprint density at radius 2 is 1.97 bits per heavy atom. The largest absolute Gasteiger partial charge is 0.373 e. The Balaban J connectivity index is 1.61. The highest BCUT2D eigenvalue weighted by molar-refractivity contribution is 6.31. The Morgan fingerprint density at radius 3 is 2.69 bits per heavy atom. The number of aromatic amines is 1. The van der Waals surface area contributed by atoms with Crippen LogP contribution < -0.4 is 5.32 Å². The maximum atomic E-state index is 12.9. The summed E-state index contributed by atoms with van der Waals surface area (Å²) in [5, 5.41) is 5.44. The number of hydrogen-bond donors (Lipinski definition) is 2. The molecule has 6 heteroatoms. The van der Waals surface area contributed by atoms with Gasteiger partial charge in [-0.2, -0.15) is 0 Å². The Morgan fingerprint density at radius 1 is 1.21 bits per heavy atom. The summed E-state index contributed by atoms with van der Waals surface area (Å²) in [5.41, 5.74) is 2.81. The number of benzene rings is 2. The molecular formula is C23H24Cl2N2O2. The SMILES string of the molecule is C[C@]1(CNC(=O)C[C@H](c2ccc(Cl)cc2)c2c[nH]c3ccc(Cl)cc23)CCCO1. The van der Waals surface area contributed by atoms with E-state index in [9.17, 15) is 4.79 Å². The van der Waals surface area contributed by atoms with Crippen LogP contribution in [0.15, 0.2) is 48.7 Å². The number of rotatable bonds is 6. The minimum atomic E-state index is -0.264. The van der Waals surface area contributed by atoms with Crippen LogP contribution in [0, 0.1) is 0 Å². The molecule has 2 aromatic carbocycles. The number of H-pyrrole nitrogens is 1. The molecule has 0 aliphatic carbocycles. The van der Waals surface area contributed by atoms with E-state index in [0.29, 0.717) is 23.0 Å². The molecule has 1 aliphatic heterocycles. The van der Waals surface area contributed by atoms with E-state index in [4.69, 9.17) is 27.9 Å². The van der Waals surface area contributed by atoms with Gasteiger partial charge in [-0.3, -0.25) is 4.79 Å². The van der Waals surface area contributed by atoms with Gasteiger partial charge in [-0.05, 0) is 61.2 Å². The first-order valence-electron chi connectivity index (χ1n) is 9.86. The molecule has 0 radical (unpaired) electrons. The summed E-state index contributed by atoms with van der Waals surface area (Å²) < 4.78 is 5.79. The number of carbonyl (C=O) groups excluding carboxylic acids is 1. The average molecular weight is 431 g/mol. The molecule has 4 nitrogen and oxygen atoms in total. The van der Waals surface area contributed by atoms with Crippen LogP contribution in [0.5, 0.6) is 0 Å². The predicted molar refractivity (Wildman–Crippen MR) is 118 cm³/mol. The molecule has 1 aliphatic rings. The number of hydrogen-bond acceptors (Lipinski definition) is 2. The molecule has 1 amide bonds. The second-order valence-corrected chi connectivity index (χ2v) is 8.79. The second kappa shape index (κ2) is 8.39. The quantitative estimate of drug-likeness (QED) is 0.528. The summed E-state index contributed by atoms with van der Waals surface area (Å²) in [4.78, 5) is 16.2. The molecule has 29 heavy (non-hydrogen) atoms. The zero-order valence-corrected chi connectivity index (χ0v) is 17.8. The van der Waals surface area contributed by atoms with Crippen LogP contribution in [0.3, 0.4) is 0 Å². The molecule has 4 rings (SSSR count). The van der Waals surface area contributed by atoms with Crippen LogP contribution in [0.25, 0.3) is 10.9 Å². The highest BCUT2D eigenvalue weighted by atomic mass is 35.5. The van der Waals surface area contributed by atoms with Crippen molar-refractivity contribution in [3.8, 4) is 0 Å². The van der Waals surface area contributed by atoms with Crippen molar-refractivity contribution in [2.45, 2.75) is 37.7 Å². The van der Waals surface area contributed by atoms with Crippen molar-refractivity contribution in [1.29, 1.82) is 0 Å². The molecular weight excluding hydrogens is 407 g/mol. The van der Waals surface area contributed by atoms with Gasteiger partial charge in [0.25, 0.3) is 0 Å². The number of ether oxygens (including phenoxy) is 1.